The molecule has 1 aromatic carbocycles. The molecule has 4 nitrogen and oxygen atoms in total. The Hall–Kier alpha value is -1.78. The van der Waals surface area contributed by atoms with Crippen LogP contribution in [0.3, 0.4) is 0 Å². The predicted molar refractivity (Wildman–Crippen MR) is 82.2 cm³/mol. The van der Waals surface area contributed by atoms with Gasteiger partial charge in [-0.15, -0.1) is 24.8 Å². The summed E-state index contributed by atoms with van der Waals surface area (Å²) >= 11 is 0. The minimum atomic E-state index is 0. The van der Waals surface area contributed by atoms with Crippen molar-refractivity contribution in [2.24, 2.45) is 0 Å². The molecule has 0 saturated heterocycles. The molecule has 0 aliphatic carbocycles. The van der Waals surface area contributed by atoms with Gasteiger partial charge in [0.05, 0.1) is 17.6 Å². The van der Waals surface area contributed by atoms with Gasteiger partial charge in [-0.2, -0.15) is 0 Å². The van der Waals surface area contributed by atoms with E-state index in [1.165, 1.54) is 0 Å². The van der Waals surface area contributed by atoms with Gasteiger partial charge in [0.1, 0.15) is 5.82 Å². The number of fused-ring (bicyclic) bond motifs is 1. The largest absolute Gasteiger partial charge is 0.378 e. The zero-order chi connectivity index (χ0) is 11.5. The van der Waals surface area contributed by atoms with E-state index in [2.05, 4.69) is 20.3 Å². The monoisotopic (exact) mass is 296 g/mol. The Kier molecular flexibility index (Phi) is 5.60. The topological polar surface area (TPSA) is 53.6 Å². The second kappa shape index (κ2) is 6.97. The van der Waals surface area contributed by atoms with Crippen LogP contribution in [0, 0.1) is 0 Å². The molecule has 19 heavy (non-hydrogen) atoms. The SMILES string of the molecule is Cl.Cl.c1ccc2[nH]c(CNc3ccncc3)nc2c1. The molecule has 3 aromatic rings. The molecule has 2 N–H and O–H groups in total. The average molecular weight is 297 g/mol. The lowest BCUT2D eigenvalue weighted by Crippen LogP contribution is -2.00. The van der Waals surface area contributed by atoms with E-state index < -0.39 is 0 Å². The molecule has 0 amide bonds. The summed E-state index contributed by atoms with van der Waals surface area (Å²) < 4.78 is 0. The maximum Gasteiger partial charge on any atom is 0.126 e. The second-order valence-electron chi connectivity index (χ2n) is 3.79. The normalized spacial score (nSPS) is 9.47. The summed E-state index contributed by atoms with van der Waals surface area (Å²) in [6.45, 7) is 0.679. The van der Waals surface area contributed by atoms with E-state index in [0.717, 1.165) is 22.5 Å². The summed E-state index contributed by atoms with van der Waals surface area (Å²) in [5, 5.41) is 3.29. The van der Waals surface area contributed by atoms with Crippen molar-refractivity contribution in [3.63, 3.8) is 0 Å². The standard InChI is InChI=1S/C13H12N4.2ClH/c1-2-4-12-11(3-1)16-13(17-12)9-15-10-5-7-14-8-6-10;;/h1-8H,9H2,(H,14,15)(H,16,17);2*1H. The zero-order valence-corrected chi connectivity index (χ0v) is 11.7. The van der Waals surface area contributed by atoms with E-state index in [1.54, 1.807) is 12.4 Å². The van der Waals surface area contributed by atoms with Gasteiger partial charge in [-0.1, -0.05) is 12.1 Å². The van der Waals surface area contributed by atoms with Crippen LogP contribution < -0.4 is 5.32 Å². The van der Waals surface area contributed by atoms with Crippen LogP contribution in [0.25, 0.3) is 11.0 Å². The van der Waals surface area contributed by atoms with Gasteiger partial charge in [0, 0.05) is 18.1 Å². The van der Waals surface area contributed by atoms with Crippen LogP contribution in [0.15, 0.2) is 48.8 Å². The lowest BCUT2D eigenvalue weighted by atomic mass is 10.3. The Morgan fingerprint density at radius 1 is 1.00 bits per heavy atom. The summed E-state index contributed by atoms with van der Waals surface area (Å²) in [5.74, 6) is 0.933. The lowest BCUT2D eigenvalue weighted by molar-refractivity contribution is 1.01. The molecule has 0 aliphatic rings. The highest BCUT2D eigenvalue weighted by molar-refractivity contribution is 5.85. The number of pyridine rings is 1. The quantitative estimate of drug-likeness (QED) is 0.779. The van der Waals surface area contributed by atoms with Crippen LogP contribution in [-0.4, -0.2) is 15.0 Å². The van der Waals surface area contributed by atoms with Crippen LogP contribution >= 0.6 is 24.8 Å². The third kappa shape index (κ3) is 3.59. The minimum absolute atomic E-state index is 0. The van der Waals surface area contributed by atoms with Crippen molar-refractivity contribution in [2.45, 2.75) is 6.54 Å². The summed E-state index contributed by atoms with van der Waals surface area (Å²) in [6.07, 6.45) is 3.53. The summed E-state index contributed by atoms with van der Waals surface area (Å²) in [7, 11) is 0. The van der Waals surface area contributed by atoms with Crippen molar-refractivity contribution < 1.29 is 0 Å². The summed E-state index contributed by atoms with van der Waals surface area (Å²) in [6, 6.07) is 11.9. The van der Waals surface area contributed by atoms with Crippen molar-refractivity contribution in [3.8, 4) is 0 Å². The van der Waals surface area contributed by atoms with Crippen molar-refractivity contribution in [1.82, 2.24) is 15.0 Å². The molecule has 0 spiro atoms. The molecule has 0 atom stereocenters. The zero-order valence-electron chi connectivity index (χ0n) is 10.0. The predicted octanol–water partition coefficient (Wildman–Crippen LogP) is 3.41. The molecule has 0 unspecified atom stereocenters. The van der Waals surface area contributed by atoms with E-state index in [9.17, 15) is 0 Å². The molecule has 0 fully saturated rings. The van der Waals surface area contributed by atoms with E-state index in [4.69, 9.17) is 0 Å². The molecule has 0 aliphatic heterocycles. The van der Waals surface area contributed by atoms with Gasteiger partial charge < -0.3 is 10.3 Å². The number of anilines is 1. The molecule has 6 heteroatoms. The van der Waals surface area contributed by atoms with E-state index >= 15 is 0 Å². The van der Waals surface area contributed by atoms with Crippen molar-refractivity contribution in [1.29, 1.82) is 0 Å². The molecule has 3 rings (SSSR count). The Labute approximate surface area is 123 Å². The molecule has 2 heterocycles. The highest BCUT2D eigenvalue weighted by atomic mass is 35.5. The molecule has 100 valence electrons. The lowest BCUT2D eigenvalue weighted by Gasteiger charge is -2.02. The maximum atomic E-state index is 4.49. The molecular formula is C13H14Cl2N4. The van der Waals surface area contributed by atoms with Gasteiger partial charge in [0.2, 0.25) is 0 Å². The fourth-order valence-corrected chi connectivity index (χ4v) is 1.74. The number of halogens is 2. The number of H-pyrrole nitrogens is 1. The van der Waals surface area contributed by atoms with Crippen molar-refractivity contribution >= 4 is 41.5 Å². The first-order valence-electron chi connectivity index (χ1n) is 5.49. The van der Waals surface area contributed by atoms with E-state index in [1.807, 2.05) is 36.4 Å². The Balaban J connectivity index is 0.000000902. The third-order valence-electron chi connectivity index (χ3n) is 2.58. The first kappa shape index (κ1) is 15.3. The summed E-state index contributed by atoms with van der Waals surface area (Å²) in [4.78, 5) is 11.7. The minimum Gasteiger partial charge on any atom is -0.378 e. The van der Waals surface area contributed by atoms with Gasteiger partial charge in [-0.05, 0) is 24.3 Å². The number of benzene rings is 1. The average Bonchev–Trinajstić information content (AvgIpc) is 2.80. The second-order valence-corrected chi connectivity index (χ2v) is 3.79. The van der Waals surface area contributed by atoms with Crippen molar-refractivity contribution in [2.75, 3.05) is 5.32 Å². The van der Waals surface area contributed by atoms with Gasteiger partial charge >= 0.3 is 0 Å². The van der Waals surface area contributed by atoms with Gasteiger partial charge in [0.25, 0.3) is 0 Å². The highest BCUT2D eigenvalue weighted by Crippen LogP contribution is 2.11. The molecule has 2 aromatic heterocycles. The summed E-state index contributed by atoms with van der Waals surface area (Å²) in [5.41, 5.74) is 3.11. The van der Waals surface area contributed by atoms with Crippen LogP contribution in [-0.2, 0) is 6.54 Å². The number of imidazole rings is 1. The fraction of sp³-hybridized carbons (Fsp3) is 0.0769. The fourth-order valence-electron chi connectivity index (χ4n) is 1.74. The number of aromatic amines is 1. The van der Waals surface area contributed by atoms with E-state index in [0.29, 0.717) is 6.54 Å². The number of hydrogen-bond acceptors (Lipinski definition) is 3. The van der Waals surface area contributed by atoms with Crippen LogP contribution in [0.2, 0.25) is 0 Å². The number of rotatable bonds is 3. The number of para-hydroxylation sites is 2. The molecule has 0 saturated carbocycles. The van der Waals surface area contributed by atoms with Gasteiger partial charge in [0.15, 0.2) is 0 Å². The van der Waals surface area contributed by atoms with Crippen LogP contribution in [0.5, 0.6) is 0 Å². The van der Waals surface area contributed by atoms with Crippen molar-refractivity contribution in [3.05, 3.63) is 54.6 Å². The smallest absolute Gasteiger partial charge is 0.126 e. The van der Waals surface area contributed by atoms with Gasteiger partial charge in [-0.3, -0.25) is 4.98 Å². The highest BCUT2D eigenvalue weighted by Gasteiger charge is 2.00. The maximum absolute atomic E-state index is 4.49. The number of aromatic nitrogens is 3. The Morgan fingerprint density at radius 2 is 1.74 bits per heavy atom. The molecular weight excluding hydrogens is 283 g/mol. The number of hydrogen-bond donors (Lipinski definition) is 2. The Morgan fingerprint density at radius 3 is 2.47 bits per heavy atom. The van der Waals surface area contributed by atoms with Gasteiger partial charge in [-0.25, -0.2) is 4.98 Å². The Bertz CT molecular complexity index is 592. The first-order chi connectivity index (χ1) is 8.42. The third-order valence-corrected chi connectivity index (χ3v) is 2.58. The molecule has 0 radical (unpaired) electrons. The number of nitrogens with zero attached hydrogens (tertiary/aromatic N) is 2. The first-order valence-corrected chi connectivity index (χ1v) is 5.49. The van der Waals surface area contributed by atoms with Crippen LogP contribution in [0.4, 0.5) is 5.69 Å². The number of nitrogens with one attached hydrogen (secondary N) is 2. The molecule has 0 bridgehead atoms. The van der Waals surface area contributed by atoms with E-state index in [-0.39, 0.29) is 24.8 Å². The van der Waals surface area contributed by atoms with Crippen LogP contribution in [0.1, 0.15) is 5.82 Å².